The van der Waals surface area contributed by atoms with Crippen molar-refractivity contribution in [1.82, 2.24) is 10.3 Å². The average Bonchev–Trinajstić information content (AvgIpc) is 2.42. The van der Waals surface area contributed by atoms with Gasteiger partial charge in [-0.15, -0.1) is 0 Å². The lowest BCUT2D eigenvalue weighted by atomic mass is 9.82. The second-order valence-electron chi connectivity index (χ2n) is 5.52. The van der Waals surface area contributed by atoms with Gasteiger partial charge in [-0.25, -0.2) is 4.98 Å². The second-order valence-corrected chi connectivity index (χ2v) is 5.52. The molecule has 1 fully saturated rings. The number of amides is 1. The molecule has 0 aliphatic heterocycles. The summed E-state index contributed by atoms with van der Waals surface area (Å²) in [7, 11) is 0. The summed E-state index contributed by atoms with van der Waals surface area (Å²) in [5.74, 6) is 0.680. The van der Waals surface area contributed by atoms with E-state index in [1.54, 1.807) is 0 Å². The molecule has 0 spiro atoms. The van der Waals surface area contributed by atoms with Crippen LogP contribution in [0.5, 0.6) is 0 Å². The number of nitro groups is 1. The lowest BCUT2D eigenvalue weighted by Crippen LogP contribution is -2.43. The largest absolute Gasteiger partial charge is 0.370 e. The van der Waals surface area contributed by atoms with Gasteiger partial charge in [-0.1, -0.05) is 13.8 Å². The Kier molecular flexibility index (Phi) is 4.72. The molecule has 1 amide bonds. The van der Waals surface area contributed by atoms with Crippen molar-refractivity contribution in [3.8, 4) is 0 Å². The molecule has 1 aliphatic rings. The number of carbonyl (C=O) groups excluding carboxylic acids is 1. The maximum absolute atomic E-state index is 12.2. The van der Waals surface area contributed by atoms with E-state index in [9.17, 15) is 14.9 Å². The van der Waals surface area contributed by atoms with Crippen LogP contribution in [0.15, 0.2) is 12.3 Å². The Morgan fingerprint density at radius 3 is 2.81 bits per heavy atom. The molecule has 2 N–H and O–H groups in total. The van der Waals surface area contributed by atoms with Crippen molar-refractivity contribution in [2.24, 2.45) is 5.92 Å². The van der Waals surface area contributed by atoms with Gasteiger partial charge in [0.05, 0.1) is 4.92 Å². The number of nitrogens with one attached hydrogen (secondary N) is 2. The summed E-state index contributed by atoms with van der Waals surface area (Å²) >= 11 is 0. The van der Waals surface area contributed by atoms with E-state index in [4.69, 9.17) is 0 Å². The minimum Gasteiger partial charge on any atom is -0.370 e. The van der Waals surface area contributed by atoms with Crippen molar-refractivity contribution in [2.45, 2.75) is 39.2 Å². The van der Waals surface area contributed by atoms with Gasteiger partial charge in [0.15, 0.2) is 0 Å². The first-order valence-electron chi connectivity index (χ1n) is 7.20. The molecule has 0 radical (unpaired) electrons. The van der Waals surface area contributed by atoms with E-state index >= 15 is 0 Å². The first-order valence-corrected chi connectivity index (χ1v) is 7.20. The van der Waals surface area contributed by atoms with Crippen LogP contribution in [0.1, 0.15) is 43.5 Å². The van der Waals surface area contributed by atoms with E-state index in [1.165, 1.54) is 6.07 Å². The average molecular weight is 292 g/mol. The van der Waals surface area contributed by atoms with E-state index in [0.717, 1.165) is 25.5 Å². The van der Waals surface area contributed by atoms with Gasteiger partial charge in [0.2, 0.25) is 0 Å². The predicted octanol–water partition coefficient (Wildman–Crippen LogP) is 2.34. The number of hydrogen-bond donors (Lipinski definition) is 2. The quantitative estimate of drug-likeness (QED) is 0.619. The van der Waals surface area contributed by atoms with Crippen LogP contribution in [0.25, 0.3) is 0 Å². The fourth-order valence-electron chi connectivity index (χ4n) is 2.41. The Morgan fingerprint density at radius 1 is 1.52 bits per heavy atom. The first kappa shape index (κ1) is 15.2. The van der Waals surface area contributed by atoms with E-state index < -0.39 is 10.8 Å². The molecule has 1 aromatic rings. The molecule has 1 saturated carbocycles. The highest BCUT2D eigenvalue weighted by Gasteiger charge is 2.29. The van der Waals surface area contributed by atoms with E-state index in [1.807, 2.05) is 6.92 Å². The summed E-state index contributed by atoms with van der Waals surface area (Å²) < 4.78 is 0. The molecule has 114 valence electrons. The van der Waals surface area contributed by atoms with Crippen LogP contribution in [0.4, 0.5) is 11.5 Å². The first-order chi connectivity index (χ1) is 10.0. The van der Waals surface area contributed by atoms with Crippen LogP contribution in [-0.4, -0.2) is 28.4 Å². The topological polar surface area (TPSA) is 97.2 Å². The molecule has 0 aromatic carbocycles. The van der Waals surface area contributed by atoms with Crippen molar-refractivity contribution in [3.63, 3.8) is 0 Å². The Morgan fingerprint density at radius 2 is 2.24 bits per heavy atom. The van der Waals surface area contributed by atoms with E-state index in [0.29, 0.717) is 18.3 Å². The fourth-order valence-corrected chi connectivity index (χ4v) is 2.41. The predicted molar refractivity (Wildman–Crippen MR) is 79.3 cm³/mol. The maximum Gasteiger partial charge on any atom is 0.300 e. The van der Waals surface area contributed by atoms with E-state index in [2.05, 4.69) is 22.5 Å². The highest BCUT2D eigenvalue weighted by molar-refractivity contribution is 5.98. The highest BCUT2D eigenvalue weighted by Crippen LogP contribution is 2.27. The molecule has 21 heavy (non-hydrogen) atoms. The zero-order valence-electron chi connectivity index (χ0n) is 12.3. The van der Waals surface area contributed by atoms with Gasteiger partial charge >= 0.3 is 0 Å². The van der Waals surface area contributed by atoms with Crippen molar-refractivity contribution in [1.29, 1.82) is 0 Å². The third-order valence-corrected chi connectivity index (χ3v) is 3.59. The lowest BCUT2D eigenvalue weighted by Gasteiger charge is -2.33. The number of anilines is 1. The van der Waals surface area contributed by atoms with Gasteiger partial charge < -0.3 is 10.6 Å². The molecule has 0 atom stereocenters. The van der Waals surface area contributed by atoms with Crippen molar-refractivity contribution in [2.75, 3.05) is 11.9 Å². The Labute approximate surface area is 123 Å². The molecule has 0 bridgehead atoms. The molecule has 0 unspecified atom stereocenters. The lowest BCUT2D eigenvalue weighted by molar-refractivity contribution is -0.385. The Hall–Kier alpha value is -2.18. The van der Waals surface area contributed by atoms with Gasteiger partial charge in [0.1, 0.15) is 17.6 Å². The number of pyridine rings is 1. The number of rotatable bonds is 6. The van der Waals surface area contributed by atoms with Crippen molar-refractivity contribution < 1.29 is 9.72 Å². The minimum absolute atomic E-state index is 0.0631. The third-order valence-electron chi connectivity index (χ3n) is 3.59. The Balaban J connectivity index is 2.16. The van der Waals surface area contributed by atoms with Crippen LogP contribution in [-0.2, 0) is 0 Å². The van der Waals surface area contributed by atoms with Gasteiger partial charge in [0.25, 0.3) is 11.6 Å². The molecule has 1 aliphatic carbocycles. The molecular weight excluding hydrogens is 272 g/mol. The van der Waals surface area contributed by atoms with Gasteiger partial charge in [-0.05, 0) is 25.2 Å². The highest BCUT2D eigenvalue weighted by atomic mass is 16.6. The van der Waals surface area contributed by atoms with Crippen molar-refractivity contribution in [3.05, 3.63) is 27.9 Å². The zero-order chi connectivity index (χ0) is 15.4. The summed E-state index contributed by atoms with van der Waals surface area (Å²) in [5.41, 5.74) is -0.199. The smallest absolute Gasteiger partial charge is 0.300 e. The van der Waals surface area contributed by atoms with Gasteiger partial charge in [-0.2, -0.15) is 0 Å². The van der Waals surface area contributed by atoms with Gasteiger partial charge in [0, 0.05) is 18.7 Å². The molecule has 7 nitrogen and oxygen atoms in total. The molecule has 0 saturated heterocycles. The normalized spacial score (nSPS) is 20.5. The maximum atomic E-state index is 12.2. The zero-order valence-corrected chi connectivity index (χ0v) is 12.3. The van der Waals surface area contributed by atoms with Crippen LogP contribution in [0.2, 0.25) is 0 Å². The summed E-state index contributed by atoms with van der Waals surface area (Å²) in [5, 5.41) is 16.9. The third kappa shape index (κ3) is 3.68. The van der Waals surface area contributed by atoms with E-state index in [-0.39, 0.29) is 17.3 Å². The fraction of sp³-hybridized carbons (Fsp3) is 0.571. The van der Waals surface area contributed by atoms with Gasteiger partial charge in [-0.3, -0.25) is 14.9 Å². The minimum atomic E-state index is -0.574. The number of nitrogens with zero attached hydrogens (tertiary/aromatic N) is 2. The summed E-state index contributed by atoms with van der Waals surface area (Å²) in [6, 6.07) is 1.57. The standard InChI is InChI=1S/C14H20N4O3/c1-3-4-15-13-7-11(12(8-16-13)18(20)21)14(19)17-10-5-9(2)6-10/h7-10H,3-6H2,1-2H3,(H,15,16)(H,17,19). The monoisotopic (exact) mass is 292 g/mol. The summed E-state index contributed by atoms with van der Waals surface area (Å²) in [6.45, 7) is 4.82. The Bertz CT molecular complexity index is 541. The molecule has 2 rings (SSSR count). The molecule has 1 aromatic heterocycles. The molecule has 1 heterocycles. The number of aromatic nitrogens is 1. The summed E-state index contributed by atoms with van der Waals surface area (Å²) in [4.78, 5) is 26.7. The van der Waals surface area contributed by atoms with Crippen LogP contribution in [0, 0.1) is 16.0 Å². The number of hydrogen-bond acceptors (Lipinski definition) is 5. The van der Waals surface area contributed by atoms with Crippen LogP contribution < -0.4 is 10.6 Å². The van der Waals surface area contributed by atoms with Crippen LogP contribution >= 0.6 is 0 Å². The number of carbonyl (C=O) groups is 1. The summed E-state index contributed by atoms with van der Waals surface area (Å²) in [6.07, 6.45) is 3.88. The van der Waals surface area contributed by atoms with Crippen LogP contribution in [0.3, 0.4) is 0 Å². The second kappa shape index (κ2) is 6.51. The molecule has 7 heteroatoms. The van der Waals surface area contributed by atoms with Crippen molar-refractivity contribution >= 4 is 17.4 Å². The molecular formula is C14H20N4O3. The SMILES string of the molecule is CCCNc1cc(C(=O)NC2CC(C)C2)c([N+](=O)[O-])cn1.